The van der Waals surface area contributed by atoms with Gasteiger partial charge in [-0.05, 0) is 30.3 Å². The average Bonchev–Trinajstić information content (AvgIpc) is 3.09. The second-order valence-electron chi connectivity index (χ2n) is 5.38. The van der Waals surface area contributed by atoms with Gasteiger partial charge in [0.25, 0.3) is 5.91 Å². The van der Waals surface area contributed by atoms with Crippen molar-refractivity contribution in [1.82, 2.24) is 15.2 Å². The first-order valence-electron chi connectivity index (χ1n) is 7.40. The summed E-state index contributed by atoms with van der Waals surface area (Å²) in [6.07, 6.45) is -8.60. The molecule has 3 aromatic rings. The topological polar surface area (TPSA) is 67.8 Å². The molecular formula is C16H8F6N4OS. The molecule has 28 heavy (non-hydrogen) atoms. The molecule has 12 heteroatoms. The molecule has 1 aromatic carbocycles. The van der Waals surface area contributed by atoms with Crippen LogP contribution in [0.4, 0.5) is 31.5 Å². The minimum Gasteiger partial charge on any atom is -0.296 e. The first-order valence-corrected chi connectivity index (χ1v) is 8.21. The zero-order chi connectivity index (χ0) is 20.5. The van der Waals surface area contributed by atoms with Crippen LogP contribution in [0, 0.1) is 0 Å². The van der Waals surface area contributed by atoms with Crippen molar-refractivity contribution >= 4 is 22.4 Å². The summed E-state index contributed by atoms with van der Waals surface area (Å²) >= 11 is 0.867. The Balaban J connectivity index is 1.89. The normalized spacial score (nSPS) is 12.1. The largest absolute Gasteiger partial charge is 0.416 e. The van der Waals surface area contributed by atoms with Gasteiger partial charge in [0.1, 0.15) is 5.69 Å². The van der Waals surface area contributed by atoms with Crippen LogP contribution in [0.3, 0.4) is 0 Å². The Hall–Kier alpha value is -3.02. The molecular weight excluding hydrogens is 410 g/mol. The molecule has 0 bridgehead atoms. The van der Waals surface area contributed by atoms with E-state index in [0.29, 0.717) is 22.8 Å². The van der Waals surface area contributed by atoms with Crippen LogP contribution in [-0.2, 0) is 12.4 Å². The lowest BCUT2D eigenvalue weighted by Gasteiger charge is -2.13. The summed E-state index contributed by atoms with van der Waals surface area (Å²) in [5.41, 5.74) is -3.53. The second kappa shape index (κ2) is 7.19. The van der Waals surface area contributed by atoms with E-state index in [0.717, 1.165) is 11.3 Å². The van der Waals surface area contributed by atoms with E-state index in [1.807, 2.05) is 0 Å². The molecule has 2 aromatic heterocycles. The molecule has 0 aliphatic carbocycles. The summed E-state index contributed by atoms with van der Waals surface area (Å²) < 4.78 is 77.3. The van der Waals surface area contributed by atoms with Crippen LogP contribution in [0.5, 0.6) is 0 Å². The molecule has 5 nitrogen and oxygen atoms in total. The predicted octanol–water partition coefficient (Wildman–Crippen LogP) is 4.89. The monoisotopic (exact) mass is 418 g/mol. The first kappa shape index (κ1) is 19.7. The Labute approximate surface area is 157 Å². The molecule has 1 amide bonds. The van der Waals surface area contributed by atoms with E-state index in [9.17, 15) is 31.1 Å². The zero-order valence-corrected chi connectivity index (χ0v) is 14.3. The van der Waals surface area contributed by atoms with Crippen LogP contribution in [0.25, 0.3) is 10.7 Å². The lowest BCUT2D eigenvalue weighted by molar-refractivity contribution is -0.143. The molecule has 146 valence electrons. The fraction of sp³-hybridized carbons (Fsp3) is 0.125. The van der Waals surface area contributed by atoms with Gasteiger partial charge in [-0.2, -0.15) is 26.3 Å². The highest BCUT2D eigenvalue weighted by atomic mass is 32.1. The van der Waals surface area contributed by atoms with Gasteiger partial charge in [-0.15, -0.1) is 10.2 Å². The van der Waals surface area contributed by atoms with Crippen molar-refractivity contribution in [2.75, 3.05) is 5.32 Å². The van der Waals surface area contributed by atoms with Crippen molar-refractivity contribution in [2.45, 2.75) is 12.4 Å². The van der Waals surface area contributed by atoms with E-state index in [1.54, 1.807) is 18.2 Å². The maximum absolute atomic E-state index is 12.9. The molecule has 0 fully saturated rings. The van der Waals surface area contributed by atoms with Gasteiger partial charge >= 0.3 is 12.4 Å². The summed E-state index contributed by atoms with van der Waals surface area (Å²) in [7, 11) is 0. The van der Waals surface area contributed by atoms with E-state index < -0.39 is 35.0 Å². The van der Waals surface area contributed by atoms with Gasteiger partial charge in [0.05, 0.1) is 11.1 Å². The van der Waals surface area contributed by atoms with E-state index in [2.05, 4.69) is 20.5 Å². The van der Waals surface area contributed by atoms with Crippen molar-refractivity contribution in [2.24, 2.45) is 0 Å². The average molecular weight is 418 g/mol. The molecule has 0 unspecified atom stereocenters. The molecule has 1 N–H and O–H groups in total. The van der Waals surface area contributed by atoms with Crippen LogP contribution >= 0.6 is 11.3 Å². The minimum absolute atomic E-state index is 0.0547. The van der Waals surface area contributed by atoms with Crippen LogP contribution in [0.2, 0.25) is 0 Å². The number of halogens is 6. The summed E-state index contributed by atoms with van der Waals surface area (Å²) in [4.78, 5) is 16.2. The number of hydrogen-bond acceptors (Lipinski definition) is 5. The van der Waals surface area contributed by atoms with Crippen molar-refractivity contribution in [1.29, 1.82) is 0 Å². The number of carbonyl (C=O) groups is 1. The second-order valence-corrected chi connectivity index (χ2v) is 6.35. The fourth-order valence-electron chi connectivity index (χ4n) is 2.12. The Kier molecular flexibility index (Phi) is 5.06. The SMILES string of the molecule is O=C(Nc1nnc(-c2ccccn2)s1)c1cc(C(F)(F)F)cc(C(F)(F)F)c1. The van der Waals surface area contributed by atoms with Crippen molar-refractivity contribution < 1.29 is 31.1 Å². The van der Waals surface area contributed by atoms with E-state index in [1.165, 1.54) is 6.20 Å². The number of benzene rings is 1. The Morgan fingerprint density at radius 2 is 1.57 bits per heavy atom. The Morgan fingerprint density at radius 3 is 2.11 bits per heavy atom. The number of nitrogens with one attached hydrogen (secondary N) is 1. The lowest BCUT2D eigenvalue weighted by Crippen LogP contribution is -2.17. The third-order valence-electron chi connectivity index (χ3n) is 3.38. The summed E-state index contributed by atoms with van der Waals surface area (Å²) in [6.45, 7) is 0. The third-order valence-corrected chi connectivity index (χ3v) is 4.24. The number of amides is 1. The highest BCUT2D eigenvalue weighted by Crippen LogP contribution is 2.36. The van der Waals surface area contributed by atoms with Gasteiger partial charge in [0.15, 0.2) is 5.01 Å². The predicted molar refractivity (Wildman–Crippen MR) is 87.5 cm³/mol. The number of nitrogens with zero attached hydrogens (tertiary/aromatic N) is 3. The molecule has 0 radical (unpaired) electrons. The summed E-state index contributed by atoms with van der Waals surface area (Å²) in [5, 5.41) is 9.80. The summed E-state index contributed by atoms with van der Waals surface area (Å²) in [6, 6.07) is 5.59. The minimum atomic E-state index is -5.05. The lowest BCUT2D eigenvalue weighted by atomic mass is 10.0. The molecule has 0 atom stereocenters. The van der Waals surface area contributed by atoms with Crippen LogP contribution < -0.4 is 5.32 Å². The molecule has 3 rings (SSSR count). The maximum Gasteiger partial charge on any atom is 0.416 e. The number of carbonyl (C=O) groups excluding carboxylic acids is 1. The molecule has 0 aliphatic rings. The van der Waals surface area contributed by atoms with Gasteiger partial charge in [0, 0.05) is 11.8 Å². The van der Waals surface area contributed by atoms with Crippen LogP contribution in [0.15, 0.2) is 42.6 Å². The standard InChI is InChI=1S/C16H8F6N4OS/c17-15(18,19)9-5-8(6-10(7-9)16(20,21)22)12(27)24-14-26-25-13(28-14)11-3-1-2-4-23-11/h1-7H,(H,24,26,27). The molecule has 0 saturated heterocycles. The maximum atomic E-state index is 12.9. The van der Waals surface area contributed by atoms with Gasteiger partial charge in [-0.1, -0.05) is 17.4 Å². The van der Waals surface area contributed by atoms with Gasteiger partial charge in [-0.3, -0.25) is 15.1 Å². The van der Waals surface area contributed by atoms with E-state index in [-0.39, 0.29) is 11.2 Å². The van der Waals surface area contributed by atoms with Crippen molar-refractivity contribution in [3.8, 4) is 10.7 Å². The Bertz CT molecular complexity index is 968. The highest BCUT2D eigenvalue weighted by Gasteiger charge is 2.37. The van der Waals surface area contributed by atoms with E-state index >= 15 is 0 Å². The highest BCUT2D eigenvalue weighted by molar-refractivity contribution is 7.18. The number of alkyl halides is 6. The van der Waals surface area contributed by atoms with Crippen LogP contribution in [-0.4, -0.2) is 21.1 Å². The Morgan fingerprint density at radius 1 is 0.929 bits per heavy atom. The molecule has 0 spiro atoms. The first-order chi connectivity index (χ1) is 13.0. The van der Waals surface area contributed by atoms with Gasteiger partial charge in [-0.25, -0.2) is 0 Å². The number of anilines is 1. The van der Waals surface area contributed by atoms with Crippen molar-refractivity contribution in [3.63, 3.8) is 0 Å². The number of hydrogen-bond donors (Lipinski definition) is 1. The molecule has 2 heterocycles. The van der Waals surface area contributed by atoms with E-state index in [4.69, 9.17) is 0 Å². The summed E-state index contributed by atoms with van der Waals surface area (Å²) in [5.74, 6) is -1.18. The molecule has 0 aliphatic heterocycles. The third kappa shape index (κ3) is 4.44. The van der Waals surface area contributed by atoms with Gasteiger partial charge < -0.3 is 0 Å². The van der Waals surface area contributed by atoms with Gasteiger partial charge in [0.2, 0.25) is 5.13 Å². The van der Waals surface area contributed by atoms with Crippen molar-refractivity contribution in [3.05, 3.63) is 59.3 Å². The number of rotatable bonds is 3. The number of pyridine rings is 1. The van der Waals surface area contributed by atoms with Crippen LogP contribution in [0.1, 0.15) is 21.5 Å². The smallest absolute Gasteiger partial charge is 0.296 e. The quantitative estimate of drug-likeness (QED) is 0.615. The molecule has 0 saturated carbocycles. The fourth-order valence-corrected chi connectivity index (χ4v) is 2.84. The zero-order valence-electron chi connectivity index (χ0n) is 13.5. The number of aromatic nitrogens is 3.